The Morgan fingerprint density at radius 1 is 1.61 bits per heavy atom. The minimum absolute atomic E-state index is 0.0111. The predicted octanol–water partition coefficient (Wildman–Crippen LogP) is 1.44. The highest BCUT2D eigenvalue weighted by Gasteiger charge is 2.23. The number of thiophene rings is 1. The van der Waals surface area contributed by atoms with Crippen molar-refractivity contribution in [2.24, 2.45) is 0 Å². The van der Waals surface area contributed by atoms with Crippen LogP contribution < -0.4 is 11.1 Å². The van der Waals surface area contributed by atoms with Gasteiger partial charge in [-0.05, 0) is 6.92 Å². The molecule has 0 aliphatic carbocycles. The maximum absolute atomic E-state index is 11.6. The lowest BCUT2D eigenvalue weighted by Crippen LogP contribution is -2.21. The van der Waals surface area contributed by atoms with E-state index < -0.39 is 5.97 Å². The van der Waals surface area contributed by atoms with Crippen molar-refractivity contribution >= 4 is 28.0 Å². The number of nitrogens with zero attached hydrogens (tertiary/aromatic N) is 1. The van der Waals surface area contributed by atoms with Gasteiger partial charge in [-0.15, -0.1) is 11.3 Å². The predicted molar refractivity (Wildman–Crippen MR) is 69.7 cm³/mol. The summed E-state index contributed by atoms with van der Waals surface area (Å²) in [4.78, 5) is 11.9. The van der Waals surface area contributed by atoms with Crippen LogP contribution in [-0.4, -0.2) is 32.8 Å². The molecule has 0 bridgehead atoms. The fraction of sp³-hybridized carbons (Fsp3) is 0.455. The van der Waals surface area contributed by atoms with Crippen molar-refractivity contribution in [2.75, 3.05) is 31.9 Å². The number of ether oxygens (including phenoxy) is 2. The molecule has 0 fully saturated rings. The molecule has 0 radical (unpaired) electrons. The van der Waals surface area contributed by atoms with Gasteiger partial charge in [0.05, 0.1) is 19.4 Å². The molecule has 0 amide bonds. The van der Waals surface area contributed by atoms with E-state index in [-0.39, 0.29) is 17.3 Å². The molecule has 0 aromatic carbocycles. The molecule has 18 heavy (non-hydrogen) atoms. The van der Waals surface area contributed by atoms with Crippen molar-refractivity contribution in [2.45, 2.75) is 13.0 Å². The second kappa shape index (κ2) is 6.23. The summed E-state index contributed by atoms with van der Waals surface area (Å²) in [5.74, 6) is -0.558. The highest BCUT2D eigenvalue weighted by molar-refractivity contribution is 7.17. The molecule has 0 saturated heterocycles. The Bertz CT molecular complexity index is 479. The maximum Gasteiger partial charge on any atom is 0.343 e. The second-order valence-electron chi connectivity index (χ2n) is 3.65. The number of nitriles is 1. The third-order valence-electron chi connectivity index (χ3n) is 2.23. The Morgan fingerprint density at radius 2 is 2.28 bits per heavy atom. The minimum Gasteiger partial charge on any atom is -0.465 e. The van der Waals surface area contributed by atoms with E-state index in [1.807, 2.05) is 13.0 Å². The molecule has 98 valence electrons. The fourth-order valence-corrected chi connectivity index (χ4v) is 2.47. The molecule has 0 saturated carbocycles. The van der Waals surface area contributed by atoms with Crippen molar-refractivity contribution in [1.29, 1.82) is 5.26 Å². The average molecular weight is 269 g/mol. The summed E-state index contributed by atoms with van der Waals surface area (Å²) in [5, 5.41) is 12.5. The van der Waals surface area contributed by atoms with Crippen LogP contribution >= 0.6 is 11.3 Å². The van der Waals surface area contributed by atoms with Crippen molar-refractivity contribution in [3.05, 3.63) is 10.4 Å². The van der Waals surface area contributed by atoms with Crippen LogP contribution in [0.3, 0.4) is 0 Å². The molecular weight excluding hydrogens is 254 g/mol. The van der Waals surface area contributed by atoms with E-state index in [0.717, 1.165) is 11.3 Å². The van der Waals surface area contributed by atoms with Crippen LogP contribution in [0.2, 0.25) is 0 Å². The maximum atomic E-state index is 11.6. The van der Waals surface area contributed by atoms with Crippen molar-refractivity contribution < 1.29 is 14.3 Å². The molecule has 0 aliphatic rings. The zero-order valence-electron chi connectivity index (χ0n) is 10.4. The van der Waals surface area contributed by atoms with Gasteiger partial charge in [0.15, 0.2) is 0 Å². The van der Waals surface area contributed by atoms with Gasteiger partial charge in [0.25, 0.3) is 0 Å². The normalized spacial score (nSPS) is 11.7. The third-order valence-corrected chi connectivity index (χ3v) is 3.27. The fourth-order valence-electron chi connectivity index (χ4n) is 1.45. The number of nitrogens with one attached hydrogen (secondary N) is 1. The molecule has 1 aromatic heterocycles. The largest absolute Gasteiger partial charge is 0.465 e. The quantitative estimate of drug-likeness (QED) is 0.785. The lowest BCUT2D eigenvalue weighted by molar-refractivity contribution is 0.0603. The molecule has 1 rings (SSSR count). The lowest BCUT2D eigenvalue weighted by atomic mass is 10.2. The highest BCUT2D eigenvalue weighted by Crippen LogP contribution is 2.36. The molecule has 6 nitrogen and oxygen atoms in total. The standard InChI is InChI=1S/C11H15N3O3S/c1-6(5-16-2)14-10-8(11(15)17-3)9(13)7(4-12)18-10/h6,14H,5,13H2,1-3H3. The van der Waals surface area contributed by atoms with Crippen LogP contribution in [0.1, 0.15) is 22.2 Å². The Hall–Kier alpha value is -1.78. The summed E-state index contributed by atoms with van der Waals surface area (Å²) in [6.45, 7) is 2.37. The van der Waals surface area contributed by atoms with Gasteiger partial charge in [0.1, 0.15) is 21.5 Å². The van der Waals surface area contributed by atoms with E-state index in [1.54, 1.807) is 7.11 Å². The van der Waals surface area contributed by atoms with Gasteiger partial charge in [-0.1, -0.05) is 0 Å². The number of nitrogen functional groups attached to an aromatic ring is 1. The summed E-state index contributed by atoms with van der Waals surface area (Å²) in [7, 11) is 2.86. The van der Waals surface area contributed by atoms with Crippen LogP contribution in [0.5, 0.6) is 0 Å². The van der Waals surface area contributed by atoms with Crippen LogP contribution in [-0.2, 0) is 9.47 Å². The first-order valence-electron chi connectivity index (χ1n) is 5.21. The van der Waals surface area contributed by atoms with E-state index in [9.17, 15) is 4.79 Å². The van der Waals surface area contributed by atoms with Gasteiger partial charge in [-0.25, -0.2) is 4.79 Å². The molecule has 3 N–H and O–H groups in total. The summed E-state index contributed by atoms with van der Waals surface area (Å²) >= 11 is 1.13. The lowest BCUT2D eigenvalue weighted by Gasteiger charge is -2.13. The van der Waals surface area contributed by atoms with Crippen LogP contribution in [0.4, 0.5) is 10.7 Å². The third kappa shape index (κ3) is 2.91. The molecule has 0 aliphatic heterocycles. The van der Waals surface area contributed by atoms with Crippen LogP contribution in [0.25, 0.3) is 0 Å². The van der Waals surface area contributed by atoms with Crippen molar-refractivity contribution in [1.82, 2.24) is 0 Å². The first-order valence-corrected chi connectivity index (χ1v) is 6.02. The number of carbonyl (C=O) groups is 1. The van der Waals surface area contributed by atoms with Gasteiger partial charge in [0.2, 0.25) is 0 Å². The first kappa shape index (κ1) is 14.3. The second-order valence-corrected chi connectivity index (χ2v) is 4.67. The van der Waals surface area contributed by atoms with Crippen LogP contribution in [0, 0.1) is 11.3 Å². The Balaban J connectivity index is 3.10. The number of anilines is 2. The van der Waals surface area contributed by atoms with E-state index in [2.05, 4.69) is 10.1 Å². The molecule has 1 atom stereocenters. The highest BCUT2D eigenvalue weighted by atomic mass is 32.1. The smallest absolute Gasteiger partial charge is 0.343 e. The number of hydrogen-bond acceptors (Lipinski definition) is 7. The topological polar surface area (TPSA) is 97.4 Å². The molecule has 7 heteroatoms. The molecule has 0 spiro atoms. The van der Waals surface area contributed by atoms with E-state index >= 15 is 0 Å². The molecule has 1 unspecified atom stereocenters. The number of methoxy groups -OCH3 is 2. The molecule has 1 heterocycles. The average Bonchev–Trinajstić information content (AvgIpc) is 2.65. The molecular formula is C11H15N3O3S. The number of hydrogen-bond donors (Lipinski definition) is 2. The van der Waals surface area contributed by atoms with Gasteiger partial charge in [-0.2, -0.15) is 5.26 Å². The van der Waals surface area contributed by atoms with Crippen molar-refractivity contribution in [3.8, 4) is 6.07 Å². The summed E-state index contributed by atoms with van der Waals surface area (Å²) in [6.07, 6.45) is 0. The monoisotopic (exact) mass is 269 g/mol. The number of rotatable bonds is 5. The van der Waals surface area contributed by atoms with Crippen LogP contribution in [0.15, 0.2) is 0 Å². The Morgan fingerprint density at radius 3 is 2.78 bits per heavy atom. The number of nitrogens with two attached hydrogens (primary N) is 1. The van der Waals surface area contributed by atoms with Crippen molar-refractivity contribution in [3.63, 3.8) is 0 Å². The minimum atomic E-state index is -0.558. The number of carbonyl (C=O) groups excluding carboxylic acids is 1. The van der Waals surface area contributed by atoms with Gasteiger partial charge >= 0.3 is 5.97 Å². The number of esters is 1. The van der Waals surface area contributed by atoms with E-state index in [4.69, 9.17) is 15.7 Å². The summed E-state index contributed by atoms with van der Waals surface area (Å²) < 4.78 is 9.66. The van der Waals surface area contributed by atoms with Gasteiger partial charge < -0.3 is 20.5 Å². The van der Waals surface area contributed by atoms with Gasteiger partial charge in [0, 0.05) is 13.2 Å². The van der Waals surface area contributed by atoms with E-state index in [1.165, 1.54) is 7.11 Å². The van der Waals surface area contributed by atoms with E-state index in [0.29, 0.717) is 16.5 Å². The SMILES string of the molecule is COCC(C)Nc1sc(C#N)c(N)c1C(=O)OC. The van der Waals surface area contributed by atoms with Gasteiger partial charge in [-0.3, -0.25) is 0 Å². The Kier molecular flexibility index (Phi) is 4.95. The Labute approximate surface area is 109 Å². The summed E-state index contributed by atoms with van der Waals surface area (Å²) in [6, 6.07) is 1.94. The first-order chi connectivity index (χ1) is 8.54. The zero-order chi connectivity index (χ0) is 13.7. The summed E-state index contributed by atoms with van der Waals surface area (Å²) in [5.41, 5.74) is 6.12. The zero-order valence-corrected chi connectivity index (χ0v) is 11.3. The molecule has 1 aromatic rings.